The average molecular weight is 602 g/mol. The van der Waals surface area contributed by atoms with Gasteiger partial charge in [-0.1, -0.05) is 31.9 Å². The maximum atomic E-state index is 16.1. The fraction of sp³-hybridized carbons (Fsp3) is 0.417. The summed E-state index contributed by atoms with van der Waals surface area (Å²) in [5, 5.41) is 13.5. The van der Waals surface area contributed by atoms with E-state index in [1.165, 1.54) is 12.1 Å². The Morgan fingerprint density at radius 1 is 1.07 bits per heavy atom. The lowest BCUT2D eigenvalue weighted by atomic mass is 9.75. The molecule has 4 aromatic rings. The molecule has 0 aliphatic heterocycles. The zero-order valence-corrected chi connectivity index (χ0v) is 26.0. The second-order valence-electron chi connectivity index (χ2n) is 12.1. The third-order valence-corrected chi connectivity index (χ3v) is 9.19. The number of unbranched alkanes of at least 4 members (excludes halogenated alkanes) is 1. The zero-order chi connectivity index (χ0) is 31.5. The summed E-state index contributed by atoms with van der Waals surface area (Å²) in [4.78, 5) is 29.6. The van der Waals surface area contributed by atoms with Gasteiger partial charge >= 0.3 is 5.97 Å². The zero-order valence-electron chi connectivity index (χ0n) is 26.0. The third kappa shape index (κ3) is 6.40. The van der Waals surface area contributed by atoms with Gasteiger partial charge in [0.05, 0.1) is 6.42 Å². The largest absolute Gasteiger partial charge is 0.481 e. The van der Waals surface area contributed by atoms with Gasteiger partial charge in [-0.2, -0.15) is 0 Å². The third-order valence-electron chi connectivity index (χ3n) is 9.19. The minimum atomic E-state index is -0.972. The highest BCUT2D eigenvalue weighted by atomic mass is 19.1. The van der Waals surface area contributed by atoms with Crippen LogP contribution in [0.3, 0.4) is 0 Å². The number of nitrogens with one attached hydrogen (secondary N) is 1. The van der Waals surface area contributed by atoms with Crippen molar-refractivity contribution in [3.63, 3.8) is 0 Å². The second-order valence-corrected chi connectivity index (χ2v) is 12.1. The molecule has 0 atom stereocenters. The van der Waals surface area contributed by atoms with Crippen LogP contribution in [0.25, 0.3) is 22.2 Å². The summed E-state index contributed by atoms with van der Waals surface area (Å²) in [6.07, 6.45) is 6.28. The van der Waals surface area contributed by atoms with Gasteiger partial charge in [0, 0.05) is 36.8 Å². The maximum Gasteiger partial charge on any atom is 0.307 e. The standard InChI is InChI=1S/C36H41F2N3O3/c1-5-6-10-27-21(2)28(18-31(38)34(27)24-8-7-9-24)35-29(19-33(43)44)22(3)40-36-30(35)17-26(41(36)4)15-16-32(42)39-20-23-11-13-25(37)14-12-23/h11-14,17-18,24H,5-10,15-16,19-20H2,1-4H3,(H,39,42)(H,43,44). The first-order chi connectivity index (χ1) is 21.1. The summed E-state index contributed by atoms with van der Waals surface area (Å²) >= 11 is 0. The highest BCUT2D eigenvalue weighted by molar-refractivity contribution is 5.98. The Hall–Kier alpha value is -4.07. The van der Waals surface area contributed by atoms with Crippen molar-refractivity contribution in [1.29, 1.82) is 0 Å². The van der Waals surface area contributed by atoms with E-state index >= 15 is 4.39 Å². The lowest BCUT2D eigenvalue weighted by Gasteiger charge is -2.30. The number of aliphatic carboxylic acids is 1. The molecule has 1 fully saturated rings. The quantitative estimate of drug-likeness (QED) is 0.175. The SMILES string of the molecule is CCCCc1c(C)c(-c2c(CC(=O)O)c(C)nc3c2cc(CCC(=O)NCc2ccc(F)cc2)n3C)cc(F)c1C1CCC1. The van der Waals surface area contributed by atoms with E-state index in [9.17, 15) is 19.1 Å². The minimum Gasteiger partial charge on any atom is -0.481 e. The van der Waals surface area contributed by atoms with Gasteiger partial charge in [-0.25, -0.2) is 13.8 Å². The van der Waals surface area contributed by atoms with Crippen molar-refractivity contribution in [2.45, 2.75) is 91.0 Å². The summed E-state index contributed by atoms with van der Waals surface area (Å²) in [6, 6.07) is 9.60. The number of halogens is 2. The Kier molecular flexibility index (Phi) is 9.47. The highest BCUT2D eigenvalue weighted by Gasteiger charge is 2.29. The number of rotatable bonds is 12. The van der Waals surface area contributed by atoms with E-state index in [-0.39, 0.29) is 36.3 Å². The first-order valence-corrected chi connectivity index (χ1v) is 15.6. The van der Waals surface area contributed by atoms with E-state index in [1.54, 1.807) is 18.2 Å². The first-order valence-electron chi connectivity index (χ1n) is 15.6. The summed E-state index contributed by atoms with van der Waals surface area (Å²) < 4.78 is 31.2. The van der Waals surface area contributed by atoms with Crippen molar-refractivity contribution in [1.82, 2.24) is 14.9 Å². The van der Waals surface area contributed by atoms with Crippen LogP contribution in [0.2, 0.25) is 0 Å². The average Bonchev–Trinajstić information content (AvgIpc) is 3.27. The number of pyridine rings is 1. The molecule has 0 unspecified atom stereocenters. The van der Waals surface area contributed by atoms with Gasteiger partial charge in [0.15, 0.2) is 0 Å². The molecular weight excluding hydrogens is 560 g/mol. The van der Waals surface area contributed by atoms with Gasteiger partial charge in [0.2, 0.25) is 5.91 Å². The van der Waals surface area contributed by atoms with E-state index in [0.717, 1.165) is 77.4 Å². The Labute approximate surface area is 257 Å². The molecule has 2 aromatic carbocycles. The molecule has 1 aliphatic rings. The molecule has 0 saturated heterocycles. The van der Waals surface area contributed by atoms with Crippen LogP contribution >= 0.6 is 0 Å². The van der Waals surface area contributed by atoms with E-state index in [4.69, 9.17) is 4.98 Å². The summed E-state index contributed by atoms with van der Waals surface area (Å²) in [6.45, 7) is 6.29. The van der Waals surface area contributed by atoms with Gasteiger partial charge in [-0.15, -0.1) is 0 Å². The number of carboxylic acids is 1. The first kappa shape index (κ1) is 31.4. The molecule has 8 heteroatoms. The molecule has 6 nitrogen and oxygen atoms in total. The fourth-order valence-corrected chi connectivity index (χ4v) is 6.48. The number of aromatic nitrogens is 2. The number of carboxylic acid groups (broad SMARTS) is 1. The van der Waals surface area contributed by atoms with Crippen molar-refractivity contribution < 1.29 is 23.5 Å². The molecule has 2 N–H and O–H groups in total. The number of carbonyl (C=O) groups is 2. The summed E-state index contributed by atoms with van der Waals surface area (Å²) in [5.74, 6) is -1.40. The fourth-order valence-electron chi connectivity index (χ4n) is 6.48. The monoisotopic (exact) mass is 601 g/mol. The smallest absolute Gasteiger partial charge is 0.307 e. The van der Waals surface area contributed by atoms with Crippen LogP contribution in [0.1, 0.15) is 90.6 Å². The molecule has 0 radical (unpaired) electrons. The van der Waals surface area contributed by atoms with E-state index < -0.39 is 5.97 Å². The molecule has 0 spiro atoms. The van der Waals surface area contributed by atoms with E-state index in [2.05, 4.69) is 12.2 Å². The van der Waals surface area contributed by atoms with Crippen LogP contribution in [-0.2, 0) is 42.4 Å². The van der Waals surface area contributed by atoms with E-state index in [1.807, 2.05) is 31.5 Å². The predicted octanol–water partition coefficient (Wildman–Crippen LogP) is 7.62. The van der Waals surface area contributed by atoms with Gasteiger partial charge in [-0.05, 0) is 115 Å². The lowest BCUT2D eigenvalue weighted by Crippen LogP contribution is -2.23. The van der Waals surface area contributed by atoms with Crippen LogP contribution < -0.4 is 5.32 Å². The van der Waals surface area contributed by atoms with E-state index in [0.29, 0.717) is 35.4 Å². The van der Waals surface area contributed by atoms with Gasteiger partial charge in [0.25, 0.3) is 0 Å². The van der Waals surface area contributed by atoms with Crippen molar-refractivity contribution in [3.8, 4) is 11.1 Å². The van der Waals surface area contributed by atoms with Crippen LogP contribution in [0, 0.1) is 25.5 Å². The molecule has 2 heterocycles. The Balaban J connectivity index is 1.55. The number of amides is 1. The number of aryl methyl sites for hydroxylation is 3. The molecule has 1 saturated carbocycles. The van der Waals surface area contributed by atoms with Crippen molar-refractivity contribution in [2.24, 2.45) is 7.05 Å². The molecule has 1 aliphatic carbocycles. The highest BCUT2D eigenvalue weighted by Crippen LogP contribution is 2.45. The Morgan fingerprint density at radius 2 is 1.80 bits per heavy atom. The number of fused-ring (bicyclic) bond motifs is 1. The molecule has 2 aromatic heterocycles. The number of hydrogen-bond acceptors (Lipinski definition) is 3. The number of carbonyl (C=O) groups excluding carboxylic acids is 1. The van der Waals surface area contributed by atoms with Crippen LogP contribution in [0.4, 0.5) is 8.78 Å². The maximum absolute atomic E-state index is 16.1. The van der Waals surface area contributed by atoms with Crippen LogP contribution in [0.5, 0.6) is 0 Å². The second kappa shape index (κ2) is 13.3. The van der Waals surface area contributed by atoms with Crippen molar-refractivity contribution >= 4 is 22.9 Å². The normalized spacial score (nSPS) is 13.3. The van der Waals surface area contributed by atoms with Crippen molar-refractivity contribution in [3.05, 3.63) is 87.2 Å². The van der Waals surface area contributed by atoms with Gasteiger partial charge in [-0.3, -0.25) is 9.59 Å². The van der Waals surface area contributed by atoms with Gasteiger partial charge < -0.3 is 15.0 Å². The van der Waals surface area contributed by atoms with Crippen LogP contribution in [0.15, 0.2) is 36.4 Å². The number of nitrogens with zero attached hydrogens (tertiary/aromatic N) is 2. The predicted molar refractivity (Wildman–Crippen MR) is 169 cm³/mol. The molecule has 232 valence electrons. The Bertz CT molecular complexity index is 1700. The number of hydrogen-bond donors (Lipinski definition) is 2. The molecule has 5 rings (SSSR count). The molecule has 44 heavy (non-hydrogen) atoms. The van der Waals surface area contributed by atoms with Crippen molar-refractivity contribution in [2.75, 3.05) is 0 Å². The van der Waals surface area contributed by atoms with Gasteiger partial charge in [0.1, 0.15) is 17.3 Å². The summed E-state index contributed by atoms with van der Waals surface area (Å²) in [7, 11) is 1.89. The summed E-state index contributed by atoms with van der Waals surface area (Å²) in [5.41, 5.74) is 7.87. The lowest BCUT2D eigenvalue weighted by molar-refractivity contribution is -0.136. The Morgan fingerprint density at radius 3 is 2.43 bits per heavy atom. The molecular formula is C36H41F2N3O3. The minimum absolute atomic E-state index is 0.138. The molecule has 0 bridgehead atoms. The van der Waals surface area contributed by atoms with Crippen LogP contribution in [-0.4, -0.2) is 26.5 Å². The number of benzene rings is 2. The topological polar surface area (TPSA) is 84.2 Å². The molecule has 1 amide bonds.